The van der Waals surface area contributed by atoms with Gasteiger partial charge in [0, 0.05) is 6.92 Å². The maximum absolute atomic E-state index is 12.7. The van der Waals surface area contributed by atoms with Crippen molar-refractivity contribution in [1.82, 2.24) is 5.32 Å². The summed E-state index contributed by atoms with van der Waals surface area (Å²) in [4.78, 5) is 24.1. The number of thiophene rings is 1. The van der Waals surface area contributed by atoms with Gasteiger partial charge >= 0.3 is 0 Å². The number of aryl methyl sites for hydroxylation is 1. The summed E-state index contributed by atoms with van der Waals surface area (Å²) in [5.41, 5.74) is 0.902. The second-order valence-corrected chi connectivity index (χ2v) is 7.76. The van der Waals surface area contributed by atoms with Crippen LogP contribution in [-0.4, -0.2) is 25.5 Å². The van der Waals surface area contributed by atoms with Crippen LogP contribution in [0.2, 0.25) is 0 Å². The highest BCUT2D eigenvalue weighted by Crippen LogP contribution is 2.20. The summed E-state index contributed by atoms with van der Waals surface area (Å²) in [6.07, 6.45) is 0. The van der Waals surface area contributed by atoms with Crippen LogP contribution in [0.3, 0.4) is 0 Å². The third kappa shape index (κ3) is 3.42. The number of carbonyl (C=O) groups excluding carboxylic acids is 2. The van der Waals surface area contributed by atoms with Gasteiger partial charge in [0.25, 0.3) is 0 Å². The molecule has 0 spiro atoms. The molecule has 22 heavy (non-hydrogen) atoms. The van der Waals surface area contributed by atoms with Crippen LogP contribution in [0.25, 0.3) is 0 Å². The summed E-state index contributed by atoms with van der Waals surface area (Å²) in [7, 11) is -4.01. The lowest BCUT2D eigenvalue weighted by molar-refractivity contribution is -0.119. The van der Waals surface area contributed by atoms with E-state index in [9.17, 15) is 18.0 Å². The van der Waals surface area contributed by atoms with E-state index in [0.29, 0.717) is 0 Å². The lowest BCUT2D eigenvalue weighted by Gasteiger charge is -2.17. The summed E-state index contributed by atoms with van der Waals surface area (Å²) in [6.45, 7) is 3.01. The van der Waals surface area contributed by atoms with Crippen LogP contribution in [0.5, 0.6) is 0 Å². The molecule has 0 radical (unpaired) electrons. The minimum atomic E-state index is -4.01. The first-order chi connectivity index (χ1) is 10.3. The van der Waals surface area contributed by atoms with Crippen molar-refractivity contribution in [2.75, 3.05) is 0 Å². The second kappa shape index (κ2) is 6.41. The van der Waals surface area contributed by atoms with Crippen LogP contribution >= 0.6 is 11.3 Å². The Morgan fingerprint density at radius 3 is 2.27 bits per heavy atom. The Balaban J connectivity index is 2.46. The van der Waals surface area contributed by atoms with E-state index >= 15 is 0 Å². The van der Waals surface area contributed by atoms with E-state index in [0.717, 1.165) is 16.9 Å². The number of hydrogen-bond acceptors (Lipinski definition) is 5. The van der Waals surface area contributed by atoms with E-state index in [4.69, 9.17) is 0 Å². The quantitative estimate of drug-likeness (QED) is 0.848. The van der Waals surface area contributed by atoms with Crippen LogP contribution in [-0.2, 0) is 14.6 Å². The fourth-order valence-electron chi connectivity index (χ4n) is 1.88. The lowest BCUT2D eigenvalue weighted by atomic mass is 10.2. The summed E-state index contributed by atoms with van der Waals surface area (Å²) in [6, 6.07) is 9.34. The van der Waals surface area contributed by atoms with Crippen LogP contribution in [0, 0.1) is 6.92 Å². The normalized spacial score (nSPS) is 12.6. The Hall–Kier alpha value is -1.99. The molecule has 0 fully saturated rings. The Labute approximate surface area is 132 Å². The highest BCUT2D eigenvalue weighted by atomic mass is 32.2. The standard InChI is InChI=1S/C15H15NO4S2/c1-10-5-7-12(8-6-10)22(19,20)15(16-11(2)17)14(18)13-4-3-9-21-13/h3-9,15H,1-2H3,(H,16,17). The smallest absolute Gasteiger partial charge is 0.218 e. The van der Waals surface area contributed by atoms with Gasteiger partial charge in [0.2, 0.25) is 26.9 Å². The molecule has 1 unspecified atom stereocenters. The summed E-state index contributed by atoms with van der Waals surface area (Å²) in [5, 5.41) is 2.31. The highest BCUT2D eigenvalue weighted by Gasteiger charge is 2.35. The lowest BCUT2D eigenvalue weighted by Crippen LogP contribution is -2.45. The SMILES string of the molecule is CC(=O)NC(C(=O)c1cccs1)S(=O)(=O)c1ccc(C)cc1. The number of sulfone groups is 1. The Kier molecular flexibility index (Phi) is 4.77. The fourth-order valence-corrected chi connectivity index (χ4v) is 4.17. The van der Waals surface area contributed by atoms with Gasteiger partial charge in [-0.1, -0.05) is 23.8 Å². The van der Waals surface area contributed by atoms with Gasteiger partial charge < -0.3 is 5.32 Å². The van der Waals surface area contributed by atoms with Crippen molar-refractivity contribution in [2.45, 2.75) is 24.1 Å². The average molecular weight is 337 g/mol. The number of rotatable bonds is 5. The second-order valence-electron chi connectivity index (χ2n) is 4.78. The molecule has 7 heteroatoms. The monoisotopic (exact) mass is 337 g/mol. The molecule has 0 saturated heterocycles. The molecule has 1 N–H and O–H groups in total. The predicted octanol–water partition coefficient (Wildman–Crippen LogP) is 2.18. The minimum Gasteiger partial charge on any atom is -0.333 e. The first-order valence-corrected chi connectivity index (χ1v) is 8.90. The summed E-state index contributed by atoms with van der Waals surface area (Å²) < 4.78 is 25.4. The van der Waals surface area contributed by atoms with Gasteiger partial charge in [0.15, 0.2) is 0 Å². The molecular weight excluding hydrogens is 322 g/mol. The van der Waals surface area contributed by atoms with Crippen molar-refractivity contribution < 1.29 is 18.0 Å². The number of hydrogen-bond donors (Lipinski definition) is 1. The van der Waals surface area contributed by atoms with Crippen molar-refractivity contribution >= 4 is 32.9 Å². The largest absolute Gasteiger partial charge is 0.333 e. The van der Waals surface area contributed by atoms with Crippen molar-refractivity contribution in [2.24, 2.45) is 0 Å². The summed E-state index contributed by atoms with van der Waals surface area (Å²) >= 11 is 1.13. The first-order valence-electron chi connectivity index (χ1n) is 6.48. The maximum Gasteiger partial charge on any atom is 0.218 e. The van der Waals surface area contributed by atoms with Gasteiger partial charge in [0.1, 0.15) is 0 Å². The van der Waals surface area contributed by atoms with E-state index in [-0.39, 0.29) is 9.77 Å². The van der Waals surface area contributed by atoms with E-state index in [1.165, 1.54) is 25.1 Å². The predicted molar refractivity (Wildman–Crippen MR) is 84.6 cm³/mol. The van der Waals surface area contributed by atoms with Crippen molar-refractivity contribution in [3.63, 3.8) is 0 Å². The maximum atomic E-state index is 12.7. The molecule has 1 amide bonds. The highest BCUT2D eigenvalue weighted by molar-refractivity contribution is 7.92. The molecule has 0 aliphatic carbocycles. The van der Waals surface area contributed by atoms with Crippen molar-refractivity contribution in [3.05, 3.63) is 52.2 Å². The van der Waals surface area contributed by atoms with Crippen LogP contribution < -0.4 is 5.32 Å². The Bertz CT molecular complexity index is 777. The molecule has 5 nitrogen and oxygen atoms in total. The molecule has 0 aliphatic rings. The number of nitrogens with one attached hydrogen (secondary N) is 1. The fraction of sp³-hybridized carbons (Fsp3) is 0.200. The molecule has 2 aromatic rings. The van der Waals surface area contributed by atoms with Gasteiger partial charge in [-0.3, -0.25) is 9.59 Å². The molecule has 116 valence electrons. The first kappa shape index (κ1) is 16.4. The van der Waals surface area contributed by atoms with Gasteiger partial charge in [-0.05, 0) is 30.5 Å². The van der Waals surface area contributed by atoms with Crippen molar-refractivity contribution in [3.8, 4) is 0 Å². The number of amides is 1. The molecule has 0 bridgehead atoms. The molecule has 1 aromatic carbocycles. The molecule has 1 aromatic heterocycles. The number of carbonyl (C=O) groups is 2. The topological polar surface area (TPSA) is 80.3 Å². The van der Waals surface area contributed by atoms with E-state index in [2.05, 4.69) is 5.32 Å². The van der Waals surface area contributed by atoms with E-state index < -0.39 is 26.9 Å². The third-order valence-electron chi connectivity index (χ3n) is 3.00. The number of ketones is 1. The Morgan fingerprint density at radius 1 is 1.14 bits per heavy atom. The van der Waals surface area contributed by atoms with Crippen LogP contribution in [0.4, 0.5) is 0 Å². The van der Waals surface area contributed by atoms with E-state index in [1.54, 1.807) is 23.6 Å². The van der Waals surface area contributed by atoms with Crippen LogP contribution in [0.1, 0.15) is 22.2 Å². The molecule has 2 rings (SSSR count). The van der Waals surface area contributed by atoms with Gasteiger partial charge in [-0.2, -0.15) is 0 Å². The molecule has 1 atom stereocenters. The van der Waals surface area contributed by atoms with Gasteiger partial charge in [0.05, 0.1) is 9.77 Å². The molecular formula is C15H15NO4S2. The van der Waals surface area contributed by atoms with Crippen LogP contribution in [0.15, 0.2) is 46.7 Å². The minimum absolute atomic E-state index is 0.00163. The molecule has 0 aliphatic heterocycles. The molecule has 0 saturated carbocycles. The number of Topliss-reactive ketones (excluding diaryl/α,β-unsaturated/α-hetero) is 1. The average Bonchev–Trinajstić information content (AvgIpc) is 2.98. The third-order valence-corrected chi connectivity index (χ3v) is 5.76. The zero-order chi connectivity index (χ0) is 16.3. The number of benzene rings is 1. The molecule has 1 heterocycles. The zero-order valence-electron chi connectivity index (χ0n) is 12.1. The van der Waals surface area contributed by atoms with E-state index in [1.807, 2.05) is 6.92 Å². The zero-order valence-corrected chi connectivity index (χ0v) is 13.7. The Morgan fingerprint density at radius 2 is 1.77 bits per heavy atom. The van der Waals surface area contributed by atoms with Gasteiger partial charge in [-0.25, -0.2) is 8.42 Å². The van der Waals surface area contributed by atoms with Gasteiger partial charge in [-0.15, -0.1) is 11.3 Å². The summed E-state index contributed by atoms with van der Waals surface area (Å²) in [5.74, 6) is -1.21. The van der Waals surface area contributed by atoms with Crippen molar-refractivity contribution in [1.29, 1.82) is 0 Å².